The molecule has 0 aliphatic heterocycles. The number of furan rings is 1. The van der Waals surface area contributed by atoms with E-state index in [4.69, 9.17) is 4.42 Å². The third-order valence-corrected chi connectivity index (χ3v) is 2.87. The summed E-state index contributed by atoms with van der Waals surface area (Å²) in [6.07, 6.45) is 1.42. The van der Waals surface area contributed by atoms with Crippen molar-refractivity contribution in [2.24, 2.45) is 0 Å². The summed E-state index contributed by atoms with van der Waals surface area (Å²) in [5.74, 6) is -0.360. The summed E-state index contributed by atoms with van der Waals surface area (Å²) in [7, 11) is 0. The van der Waals surface area contributed by atoms with Crippen LogP contribution in [-0.4, -0.2) is 5.78 Å². The van der Waals surface area contributed by atoms with Crippen LogP contribution in [0.2, 0.25) is 0 Å². The van der Waals surface area contributed by atoms with Gasteiger partial charge < -0.3 is 4.42 Å². The average Bonchev–Trinajstić information content (AvgIpc) is 2.67. The molecular formula is C12H8BrFO2. The molecule has 1 aromatic carbocycles. The minimum Gasteiger partial charge on any atom is -0.460 e. The maximum Gasteiger partial charge on any atom is 0.229 e. The van der Waals surface area contributed by atoms with Crippen molar-refractivity contribution in [1.82, 2.24) is 0 Å². The predicted octanol–water partition coefficient (Wildman–Crippen LogP) is 3.72. The fourth-order valence-corrected chi connectivity index (χ4v) is 1.75. The van der Waals surface area contributed by atoms with Gasteiger partial charge in [-0.05, 0) is 52.7 Å². The maximum absolute atomic E-state index is 13.0. The van der Waals surface area contributed by atoms with Gasteiger partial charge in [-0.15, -0.1) is 0 Å². The third kappa shape index (κ3) is 1.93. The Kier molecular flexibility index (Phi) is 2.92. The molecule has 16 heavy (non-hydrogen) atoms. The van der Waals surface area contributed by atoms with Crippen molar-refractivity contribution >= 4 is 21.7 Å². The van der Waals surface area contributed by atoms with Gasteiger partial charge in [0.05, 0.1) is 10.7 Å². The summed E-state index contributed by atoms with van der Waals surface area (Å²) in [6.45, 7) is 1.61. The molecule has 0 amide bonds. The summed E-state index contributed by atoms with van der Waals surface area (Å²) >= 11 is 3.21. The minimum atomic E-state index is -0.324. The van der Waals surface area contributed by atoms with E-state index in [2.05, 4.69) is 15.9 Å². The molecule has 0 unspecified atom stereocenters. The van der Waals surface area contributed by atoms with Gasteiger partial charge >= 0.3 is 0 Å². The van der Waals surface area contributed by atoms with Crippen molar-refractivity contribution in [1.29, 1.82) is 0 Å². The van der Waals surface area contributed by atoms with Crippen LogP contribution in [0.15, 0.2) is 39.4 Å². The first-order chi connectivity index (χ1) is 7.59. The van der Waals surface area contributed by atoms with E-state index in [1.54, 1.807) is 13.0 Å². The van der Waals surface area contributed by atoms with Crippen LogP contribution in [0.3, 0.4) is 0 Å². The highest BCUT2D eigenvalue weighted by molar-refractivity contribution is 9.10. The molecule has 2 rings (SSSR count). The van der Waals surface area contributed by atoms with E-state index in [-0.39, 0.29) is 17.4 Å². The van der Waals surface area contributed by atoms with Gasteiger partial charge in [0.25, 0.3) is 0 Å². The molecule has 0 aliphatic rings. The van der Waals surface area contributed by atoms with Crippen molar-refractivity contribution in [2.45, 2.75) is 6.92 Å². The van der Waals surface area contributed by atoms with Crippen molar-refractivity contribution in [3.05, 3.63) is 57.7 Å². The molecule has 0 bridgehead atoms. The molecule has 1 aromatic heterocycles. The van der Waals surface area contributed by atoms with Crippen molar-refractivity contribution in [3.8, 4) is 0 Å². The summed E-state index contributed by atoms with van der Waals surface area (Å²) in [6, 6.07) is 5.87. The largest absolute Gasteiger partial charge is 0.460 e. The van der Waals surface area contributed by atoms with Crippen LogP contribution < -0.4 is 0 Å². The molecular weight excluding hydrogens is 275 g/mol. The Balaban J connectivity index is 2.42. The van der Waals surface area contributed by atoms with Gasteiger partial charge in [0, 0.05) is 5.56 Å². The Morgan fingerprint density at radius 1 is 1.38 bits per heavy atom. The molecule has 1 heterocycles. The number of carbonyl (C=O) groups excluding carboxylic acids is 1. The van der Waals surface area contributed by atoms with Crippen molar-refractivity contribution in [3.63, 3.8) is 0 Å². The Labute approximate surface area is 100 Å². The van der Waals surface area contributed by atoms with Crippen LogP contribution in [0.1, 0.15) is 21.7 Å². The molecule has 82 valence electrons. The van der Waals surface area contributed by atoms with E-state index < -0.39 is 0 Å². The van der Waals surface area contributed by atoms with Crippen molar-refractivity contribution < 1.29 is 13.6 Å². The topological polar surface area (TPSA) is 30.2 Å². The normalized spacial score (nSPS) is 10.4. The third-order valence-electron chi connectivity index (χ3n) is 2.24. The van der Waals surface area contributed by atoms with Crippen LogP contribution in [0, 0.1) is 12.7 Å². The molecule has 0 aliphatic carbocycles. The van der Waals surface area contributed by atoms with Gasteiger partial charge in [-0.3, -0.25) is 4.79 Å². The lowest BCUT2D eigenvalue weighted by Gasteiger charge is -2.01. The second-order valence-corrected chi connectivity index (χ2v) is 4.25. The second kappa shape index (κ2) is 4.22. The first kappa shape index (κ1) is 11.1. The zero-order valence-corrected chi connectivity index (χ0v) is 10.0. The van der Waals surface area contributed by atoms with Gasteiger partial charge in [0.1, 0.15) is 5.82 Å². The Morgan fingerprint density at radius 3 is 2.69 bits per heavy atom. The standard InChI is InChI=1S/C12H8BrFO2/c1-7-6-8(2-3-10(7)14)11(15)12-9(13)4-5-16-12/h2-6H,1H3. The highest BCUT2D eigenvalue weighted by atomic mass is 79.9. The van der Waals surface area contributed by atoms with Gasteiger partial charge in [0.2, 0.25) is 5.78 Å². The number of hydrogen-bond acceptors (Lipinski definition) is 2. The Hall–Kier alpha value is -1.42. The van der Waals surface area contributed by atoms with E-state index in [0.29, 0.717) is 15.6 Å². The average molecular weight is 283 g/mol. The van der Waals surface area contributed by atoms with Gasteiger partial charge in [-0.2, -0.15) is 0 Å². The summed E-state index contributed by atoms with van der Waals surface area (Å²) < 4.78 is 18.7. The van der Waals surface area contributed by atoms with Crippen LogP contribution in [0.4, 0.5) is 4.39 Å². The Bertz CT molecular complexity index is 546. The molecule has 0 saturated heterocycles. The number of benzene rings is 1. The van der Waals surface area contributed by atoms with E-state index in [1.807, 2.05) is 0 Å². The smallest absolute Gasteiger partial charge is 0.229 e. The monoisotopic (exact) mass is 282 g/mol. The van der Waals surface area contributed by atoms with Crippen molar-refractivity contribution in [2.75, 3.05) is 0 Å². The molecule has 2 aromatic rings. The quantitative estimate of drug-likeness (QED) is 0.786. The number of ketones is 1. The van der Waals surface area contributed by atoms with Crippen LogP contribution in [0.25, 0.3) is 0 Å². The number of aryl methyl sites for hydroxylation is 1. The highest BCUT2D eigenvalue weighted by Crippen LogP contribution is 2.21. The van der Waals surface area contributed by atoms with Crippen LogP contribution in [-0.2, 0) is 0 Å². The number of hydrogen-bond donors (Lipinski definition) is 0. The van der Waals surface area contributed by atoms with Gasteiger partial charge in [-0.25, -0.2) is 4.39 Å². The van der Waals surface area contributed by atoms with E-state index in [9.17, 15) is 9.18 Å². The molecule has 2 nitrogen and oxygen atoms in total. The van der Waals surface area contributed by atoms with E-state index >= 15 is 0 Å². The second-order valence-electron chi connectivity index (χ2n) is 3.39. The summed E-state index contributed by atoms with van der Waals surface area (Å²) in [5, 5.41) is 0. The number of halogens is 2. The van der Waals surface area contributed by atoms with Crippen LogP contribution >= 0.6 is 15.9 Å². The summed E-state index contributed by atoms with van der Waals surface area (Å²) in [5.41, 5.74) is 0.850. The predicted molar refractivity (Wildman–Crippen MR) is 61.0 cm³/mol. The lowest BCUT2D eigenvalue weighted by atomic mass is 10.1. The fourth-order valence-electron chi connectivity index (χ4n) is 1.37. The van der Waals surface area contributed by atoms with Crippen LogP contribution in [0.5, 0.6) is 0 Å². The lowest BCUT2D eigenvalue weighted by Crippen LogP contribution is -2.01. The Morgan fingerprint density at radius 2 is 2.12 bits per heavy atom. The first-order valence-corrected chi connectivity index (χ1v) is 5.42. The molecule has 0 saturated carbocycles. The molecule has 0 N–H and O–H groups in total. The lowest BCUT2D eigenvalue weighted by molar-refractivity contribution is 0.101. The highest BCUT2D eigenvalue weighted by Gasteiger charge is 2.16. The maximum atomic E-state index is 13.0. The fraction of sp³-hybridized carbons (Fsp3) is 0.0833. The zero-order chi connectivity index (χ0) is 11.7. The van der Waals surface area contributed by atoms with E-state index in [0.717, 1.165) is 0 Å². The molecule has 0 radical (unpaired) electrons. The molecule has 0 atom stereocenters. The minimum absolute atomic E-state index is 0.228. The SMILES string of the molecule is Cc1cc(C(=O)c2occc2Br)ccc1F. The summed E-state index contributed by atoms with van der Waals surface area (Å²) in [4.78, 5) is 11.9. The van der Waals surface area contributed by atoms with Gasteiger partial charge in [-0.1, -0.05) is 0 Å². The molecule has 0 fully saturated rings. The number of carbonyl (C=O) groups is 1. The van der Waals surface area contributed by atoms with Gasteiger partial charge in [0.15, 0.2) is 5.76 Å². The first-order valence-electron chi connectivity index (χ1n) is 4.63. The zero-order valence-electron chi connectivity index (χ0n) is 8.46. The van der Waals surface area contributed by atoms with E-state index in [1.165, 1.54) is 24.5 Å². The molecule has 0 spiro atoms. The molecule has 4 heteroatoms. The number of rotatable bonds is 2.